The number of carbonyl (C=O) groups excluding carboxylic acids is 1. The van der Waals surface area contributed by atoms with Crippen LogP contribution in [0, 0.1) is 6.92 Å². The molecule has 1 saturated carbocycles. The first-order valence-corrected chi connectivity index (χ1v) is 7.90. The van der Waals surface area contributed by atoms with Crippen molar-refractivity contribution in [3.63, 3.8) is 0 Å². The van der Waals surface area contributed by atoms with Crippen LogP contribution in [0.5, 0.6) is 0 Å². The SMILES string of the molecule is CCn1nc(C)c2nc(CCl)n(C(C)C(=O)NC3CC3)c21. The van der Waals surface area contributed by atoms with Crippen LogP contribution in [-0.4, -0.2) is 31.3 Å². The summed E-state index contributed by atoms with van der Waals surface area (Å²) >= 11 is 6.03. The molecule has 0 saturated heterocycles. The number of hydrogen-bond acceptors (Lipinski definition) is 3. The van der Waals surface area contributed by atoms with Crippen molar-refractivity contribution < 1.29 is 4.79 Å². The van der Waals surface area contributed by atoms with Crippen molar-refractivity contribution in [2.45, 2.75) is 58.1 Å². The van der Waals surface area contributed by atoms with Crippen molar-refractivity contribution in [3.05, 3.63) is 11.5 Å². The van der Waals surface area contributed by atoms with Gasteiger partial charge in [0.05, 0.1) is 11.6 Å². The van der Waals surface area contributed by atoms with Gasteiger partial charge in [-0.05, 0) is 33.6 Å². The zero-order valence-corrected chi connectivity index (χ0v) is 13.3. The summed E-state index contributed by atoms with van der Waals surface area (Å²) in [6.45, 7) is 6.57. The third kappa shape index (κ3) is 2.41. The van der Waals surface area contributed by atoms with Crippen LogP contribution in [-0.2, 0) is 17.2 Å². The first-order valence-electron chi connectivity index (χ1n) is 7.37. The van der Waals surface area contributed by atoms with Crippen LogP contribution in [0.25, 0.3) is 11.2 Å². The Bertz CT molecular complexity index is 685. The fraction of sp³-hybridized carbons (Fsp3) is 0.643. The Hall–Kier alpha value is -1.56. The number of nitrogens with one attached hydrogen (secondary N) is 1. The molecule has 2 aromatic rings. The van der Waals surface area contributed by atoms with E-state index in [1.165, 1.54) is 0 Å². The molecule has 2 heterocycles. The van der Waals surface area contributed by atoms with E-state index in [4.69, 9.17) is 11.6 Å². The molecule has 0 radical (unpaired) electrons. The lowest BCUT2D eigenvalue weighted by Gasteiger charge is -2.17. The monoisotopic (exact) mass is 309 g/mol. The van der Waals surface area contributed by atoms with E-state index in [0.29, 0.717) is 11.9 Å². The van der Waals surface area contributed by atoms with Gasteiger partial charge in [-0.3, -0.25) is 9.36 Å². The Kier molecular flexibility index (Phi) is 3.65. The van der Waals surface area contributed by atoms with Gasteiger partial charge in [0.1, 0.15) is 17.4 Å². The van der Waals surface area contributed by atoms with Gasteiger partial charge in [-0.25, -0.2) is 9.67 Å². The van der Waals surface area contributed by atoms with E-state index in [9.17, 15) is 4.79 Å². The molecule has 2 aromatic heterocycles. The summed E-state index contributed by atoms with van der Waals surface area (Å²) in [5, 5.41) is 7.52. The van der Waals surface area contributed by atoms with Crippen LogP contribution in [0.2, 0.25) is 0 Å². The standard InChI is InChI=1S/C14H20ClN5O/c1-4-19-14-12(8(2)18-19)17-11(7-15)20(14)9(3)13(21)16-10-5-6-10/h9-10H,4-7H2,1-3H3,(H,16,21). The largest absolute Gasteiger partial charge is 0.352 e. The highest BCUT2D eigenvalue weighted by Crippen LogP contribution is 2.26. The molecule has 1 amide bonds. The number of rotatable bonds is 5. The average Bonchev–Trinajstić information content (AvgIpc) is 3.12. The number of nitrogens with zero attached hydrogens (tertiary/aromatic N) is 4. The van der Waals surface area contributed by atoms with Gasteiger partial charge in [0.2, 0.25) is 5.91 Å². The smallest absolute Gasteiger partial charge is 0.243 e. The quantitative estimate of drug-likeness (QED) is 0.861. The number of halogens is 1. The van der Waals surface area contributed by atoms with Crippen LogP contribution < -0.4 is 5.32 Å². The Morgan fingerprint density at radius 3 is 2.81 bits per heavy atom. The molecule has 1 aliphatic carbocycles. The van der Waals surface area contributed by atoms with Gasteiger partial charge in [0.25, 0.3) is 0 Å². The maximum absolute atomic E-state index is 12.4. The number of carbonyl (C=O) groups is 1. The Labute approximate surface area is 128 Å². The number of aryl methyl sites for hydroxylation is 2. The first-order chi connectivity index (χ1) is 10.1. The van der Waals surface area contributed by atoms with Gasteiger partial charge >= 0.3 is 0 Å². The van der Waals surface area contributed by atoms with Crippen LogP contribution >= 0.6 is 11.6 Å². The maximum Gasteiger partial charge on any atom is 0.243 e. The number of hydrogen-bond donors (Lipinski definition) is 1. The van der Waals surface area contributed by atoms with E-state index in [2.05, 4.69) is 15.4 Å². The third-order valence-corrected chi connectivity index (χ3v) is 4.17. The van der Waals surface area contributed by atoms with Crippen LogP contribution in [0.1, 0.15) is 44.2 Å². The minimum absolute atomic E-state index is 0.0182. The van der Waals surface area contributed by atoms with Gasteiger partial charge < -0.3 is 5.32 Å². The molecular weight excluding hydrogens is 290 g/mol. The molecule has 0 aromatic carbocycles. The average molecular weight is 310 g/mol. The summed E-state index contributed by atoms with van der Waals surface area (Å²) in [5.41, 5.74) is 2.58. The Morgan fingerprint density at radius 1 is 1.52 bits per heavy atom. The lowest BCUT2D eigenvalue weighted by molar-refractivity contribution is -0.124. The minimum atomic E-state index is -0.342. The van der Waals surface area contributed by atoms with Crippen LogP contribution in [0.15, 0.2) is 0 Å². The maximum atomic E-state index is 12.4. The summed E-state index contributed by atoms with van der Waals surface area (Å²) in [6, 6.07) is 0.00184. The fourth-order valence-corrected chi connectivity index (χ4v) is 2.81. The Morgan fingerprint density at radius 2 is 2.24 bits per heavy atom. The van der Waals surface area contributed by atoms with Gasteiger partial charge in [-0.15, -0.1) is 11.6 Å². The molecule has 1 fully saturated rings. The normalized spacial score (nSPS) is 16.4. The lowest BCUT2D eigenvalue weighted by Crippen LogP contribution is -2.33. The summed E-state index contributed by atoms with van der Waals surface area (Å²) in [6.07, 6.45) is 2.15. The lowest BCUT2D eigenvalue weighted by atomic mass is 10.3. The zero-order chi connectivity index (χ0) is 15.1. The number of aromatic nitrogens is 4. The molecule has 3 rings (SSSR count). The molecule has 6 nitrogen and oxygen atoms in total. The van der Waals surface area contributed by atoms with E-state index < -0.39 is 0 Å². The number of imidazole rings is 1. The second-order valence-electron chi connectivity index (χ2n) is 5.56. The highest BCUT2D eigenvalue weighted by molar-refractivity contribution is 6.16. The van der Waals surface area contributed by atoms with Gasteiger partial charge in [-0.2, -0.15) is 5.10 Å². The molecule has 21 heavy (non-hydrogen) atoms. The number of amides is 1. The van der Waals surface area contributed by atoms with E-state index in [1.807, 2.05) is 30.0 Å². The predicted molar refractivity (Wildman–Crippen MR) is 81.4 cm³/mol. The molecule has 0 spiro atoms. The summed E-state index contributed by atoms with van der Waals surface area (Å²) in [5.74, 6) is 1.01. The molecule has 7 heteroatoms. The van der Waals surface area contributed by atoms with Gasteiger partial charge in [0, 0.05) is 12.6 Å². The zero-order valence-electron chi connectivity index (χ0n) is 12.6. The van der Waals surface area contributed by atoms with E-state index in [1.54, 1.807) is 0 Å². The number of alkyl halides is 1. The first kappa shape index (κ1) is 14.4. The molecule has 0 aliphatic heterocycles. The third-order valence-electron chi connectivity index (χ3n) is 3.93. The molecule has 1 atom stereocenters. The van der Waals surface area contributed by atoms with E-state index in [0.717, 1.165) is 36.2 Å². The molecule has 0 bridgehead atoms. The van der Waals surface area contributed by atoms with E-state index >= 15 is 0 Å². The minimum Gasteiger partial charge on any atom is -0.352 e. The number of fused-ring (bicyclic) bond motifs is 1. The van der Waals surface area contributed by atoms with Crippen molar-refractivity contribution in [2.24, 2.45) is 0 Å². The van der Waals surface area contributed by atoms with Crippen LogP contribution in [0.4, 0.5) is 0 Å². The second kappa shape index (κ2) is 5.33. The molecular formula is C14H20ClN5O. The van der Waals surface area contributed by atoms with Crippen molar-refractivity contribution in [3.8, 4) is 0 Å². The van der Waals surface area contributed by atoms with Crippen molar-refractivity contribution in [1.29, 1.82) is 0 Å². The highest BCUT2D eigenvalue weighted by Gasteiger charge is 2.29. The summed E-state index contributed by atoms with van der Waals surface area (Å²) in [7, 11) is 0. The molecule has 1 unspecified atom stereocenters. The van der Waals surface area contributed by atoms with Crippen molar-refractivity contribution in [1.82, 2.24) is 24.6 Å². The Balaban J connectivity index is 2.07. The molecule has 1 aliphatic rings. The summed E-state index contributed by atoms with van der Waals surface area (Å²) < 4.78 is 3.80. The van der Waals surface area contributed by atoms with Gasteiger partial charge in [-0.1, -0.05) is 0 Å². The topological polar surface area (TPSA) is 64.7 Å². The second-order valence-corrected chi connectivity index (χ2v) is 5.83. The molecule has 114 valence electrons. The van der Waals surface area contributed by atoms with Crippen molar-refractivity contribution >= 4 is 28.7 Å². The van der Waals surface area contributed by atoms with E-state index in [-0.39, 0.29) is 17.8 Å². The van der Waals surface area contributed by atoms with Crippen molar-refractivity contribution in [2.75, 3.05) is 0 Å². The fourth-order valence-electron chi connectivity index (χ4n) is 2.62. The van der Waals surface area contributed by atoms with Crippen LogP contribution in [0.3, 0.4) is 0 Å². The van der Waals surface area contributed by atoms with Gasteiger partial charge in [0.15, 0.2) is 5.65 Å². The highest BCUT2D eigenvalue weighted by atomic mass is 35.5. The predicted octanol–water partition coefficient (Wildman–Crippen LogP) is 2.14. The molecule has 1 N–H and O–H groups in total. The summed E-state index contributed by atoms with van der Waals surface area (Å²) in [4.78, 5) is 16.9.